The Morgan fingerprint density at radius 1 is 1.35 bits per heavy atom. The van der Waals surface area contributed by atoms with Gasteiger partial charge in [0.25, 0.3) is 0 Å². The quantitative estimate of drug-likeness (QED) is 0.880. The van der Waals surface area contributed by atoms with Gasteiger partial charge in [0.05, 0.1) is 17.3 Å². The minimum atomic E-state index is 0.182. The third-order valence-corrected chi connectivity index (χ3v) is 3.75. The topological polar surface area (TPSA) is 47.0 Å². The fraction of sp³-hybridized carbons (Fsp3) is 0.333. The third kappa shape index (κ3) is 3.77. The molecule has 0 saturated carbocycles. The normalized spacial score (nSPS) is 12.2. The highest BCUT2D eigenvalue weighted by molar-refractivity contribution is 9.10. The van der Waals surface area contributed by atoms with Crippen molar-refractivity contribution >= 4 is 15.9 Å². The van der Waals surface area contributed by atoms with Gasteiger partial charge >= 0.3 is 0 Å². The van der Waals surface area contributed by atoms with Gasteiger partial charge in [-0.3, -0.25) is 9.97 Å². The van der Waals surface area contributed by atoms with E-state index in [9.17, 15) is 0 Å². The van der Waals surface area contributed by atoms with E-state index in [4.69, 9.17) is 4.74 Å². The van der Waals surface area contributed by atoms with Crippen LogP contribution in [0.15, 0.2) is 41.3 Å². The van der Waals surface area contributed by atoms with Crippen molar-refractivity contribution in [3.8, 4) is 5.75 Å². The van der Waals surface area contributed by atoms with E-state index >= 15 is 0 Å². The lowest BCUT2D eigenvalue weighted by Gasteiger charge is -2.14. The number of hydrogen-bond donors (Lipinski definition) is 1. The maximum absolute atomic E-state index is 5.42. The fourth-order valence-electron chi connectivity index (χ4n) is 2.04. The number of nitrogens with one attached hydrogen (secondary N) is 1. The van der Waals surface area contributed by atoms with Crippen molar-refractivity contribution < 1.29 is 4.74 Å². The minimum Gasteiger partial charge on any atom is -0.495 e. The molecule has 1 heterocycles. The van der Waals surface area contributed by atoms with Crippen LogP contribution in [0.25, 0.3) is 0 Å². The molecule has 0 fully saturated rings. The van der Waals surface area contributed by atoms with E-state index in [2.05, 4.69) is 44.2 Å². The molecular formula is C15H18BrN3O. The van der Waals surface area contributed by atoms with Crippen LogP contribution in [0.1, 0.15) is 24.2 Å². The highest BCUT2D eigenvalue weighted by atomic mass is 79.9. The second-order valence-electron chi connectivity index (χ2n) is 4.49. The van der Waals surface area contributed by atoms with Crippen LogP contribution in [0.3, 0.4) is 0 Å². The van der Waals surface area contributed by atoms with Crippen LogP contribution >= 0.6 is 15.9 Å². The van der Waals surface area contributed by atoms with E-state index in [1.165, 1.54) is 5.56 Å². The Hall–Kier alpha value is -1.46. The Kier molecular flexibility index (Phi) is 5.49. The molecule has 0 bridgehead atoms. The van der Waals surface area contributed by atoms with Crippen LogP contribution < -0.4 is 10.1 Å². The number of ether oxygens (including phenoxy) is 1. The van der Waals surface area contributed by atoms with Gasteiger partial charge in [-0.05, 0) is 47.4 Å². The van der Waals surface area contributed by atoms with Gasteiger partial charge in [-0.15, -0.1) is 0 Å². The summed E-state index contributed by atoms with van der Waals surface area (Å²) >= 11 is 3.50. The molecule has 0 saturated heterocycles. The largest absolute Gasteiger partial charge is 0.495 e. The number of methoxy groups -OCH3 is 1. The van der Waals surface area contributed by atoms with Gasteiger partial charge in [-0.1, -0.05) is 12.1 Å². The summed E-state index contributed by atoms with van der Waals surface area (Å²) in [7, 11) is 1.69. The fourth-order valence-corrected chi connectivity index (χ4v) is 2.61. The summed E-state index contributed by atoms with van der Waals surface area (Å²) < 4.78 is 6.41. The first-order valence-corrected chi connectivity index (χ1v) is 7.32. The smallest absolute Gasteiger partial charge is 0.136 e. The standard InChI is InChI=1S/C15H18BrN3O/c1-11(14-10-17-8-9-19-14)18-7-6-12-4-3-5-13(16)15(12)20-2/h3-5,8-11,18H,6-7H2,1-2H3/t11-/m1/s1. The average Bonchev–Trinajstić information content (AvgIpc) is 2.48. The Balaban J connectivity index is 1.92. The van der Waals surface area contributed by atoms with Crippen molar-refractivity contribution in [1.29, 1.82) is 0 Å². The molecule has 1 aromatic heterocycles. The number of halogens is 1. The summed E-state index contributed by atoms with van der Waals surface area (Å²) in [6, 6.07) is 6.27. The zero-order chi connectivity index (χ0) is 14.4. The molecule has 1 N–H and O–H groups in total. The van der Waals surface area contributed by atoms with Gasteiger partial charge in [0.15, 0.2) is 0 Å². The Morgan fingerprint density at radius 3 is 2.90 bits per heavy atom. The second-order valence-corrected chi connectivity index (χ2v) is 5.34. The van der Waals surface area contributed by atoms with E-state index < -0.39 is 0 Å². The first-order chi connectivity index (χ1) is 9.72. The molecule has 0 aliphatic carbocycles. The van der Waals surface area contributed by atoms with E-state index in [1.807, 2.05) is 12.1 Å². The van der Waals surface area contributed by atoms with Gasteiger partial charge in [0, 0.05) is 24.6 Å². The van der Waals surface area contributed by atoms with Crippen molar-refractivity contribution in [3.63, 3.8) is 0 Å². The number of benzene rings is 1. The molecule has 0 spiro atoms. The molecule has 106 valence electrons. The average molecular weight is 336 g/mol. The van der Waals surface area contributed by atoms with Gasteiger partial charge in [0.1, 0.15) is 5.75 Å². The lowest BCUT2D eigenvalue weighted by atomic mass is 10.1. The second kappa shape index (κ2) is 7.36. The Bertz CT molecular complexity index is 548. The van der Waals surface area contributed by atoms with Crippen molar-refractivity contribution in [2.45, 2.75) is 19.4 Å². The van der Waals surface area contributed by atoms with Gasteiger partial charge in [-0.2, -0.15) is 0 Å². The van der Waals surface area contributed by atoms with Crippen molar-refractivity contribution in [2.24, 2.45) is 0 Å². The molecule has 4 nitrogen and oxygen atoms in total. The maximum Gasteiger partial charge on any atom is 0.136 e. The summed E-state index contributed by atoms with van der Waals surface area (Å²) in [5.41, 5.74) is 2.13. The van der Waals surface area contributed by atoms with E-state index in [1.54, 1.807) is 25.7 Å². The molecule has 1 atom stereocenters. The predicted octanol–water partition coefficient (Wildman–Crippen LogP) is 3.14. The number of rotatable bonds is 6. The molecule has 1 aromatic carbocycles. The lowest BCUT2D eigenvalue weighted by molar-refractivity contribution is 0.406. The third-order valence-electron chi connectivity index (χ3n) is 3.12. The summed E-state index contributed by atoms with van der Waals surface area (Å²) in [5.74, 6) is 0.904. The molecule has 0 aliphatic rings. The number of aromatic nitrogens is 2. The van der Waals surface area contributed by atoms with E-state index in [-0.39, 0.29) is 6.04 Å². The molecule has 0 amide bonds. The number of nitrogens with zero attached hydrogens (tertiary/aromatic N) is 2. The van der Waals surface area contributed by atoms with Gasteiger partial charge in [-0.25, -0.2) is 0 Å². The molecule has 0 unspecified atom stereocenters. The summed E-state index contributed by atoms with van der Waals surface area (Å²) in [6.07, 6.45) is 6.08. The molecule has 20 heavy (non-hydrogen) atoms. The first kappa shape index (κ1) is 14.9. The van der Waals surface area contributed by atoms with Crippen LogP contribution in [-0.2, 0) is 6.42 Å². The zero-order valence-corrected chi connectivity index (χ0v) is 13.2. The maximum atomic E-state index is 5.42. The number of para-hydroxylation sites is 1. The molecule has 2 aromatic rings. The minimum absolute atomic E-state index is 0.182. The number of hydrogen-bond acceptors (Lipinski definition) is 4. The van der Waals surface area contributed by atoms with Crippen LogP contribution in [0.2, 0.25) is 0 Å². The Labute approximate surface area is 127 Å². The summed E-state index contributed by atoms with van der Waals surface area (Å²) in [6.45, 7) is 2.94. The van der Waals surface area contributed by atoms with Crippen molar-refractivity contribution in [1.82, 2.24) is 15.3 Å². The van der Waals surface area contributed by atoms with Gasteiger partial charge in [0.2, 0.25) is 0 Å². The molecule has 5 heteroatoms. The first-order valence-electron chi connectivity index (χ1n) is 6.53. The highest BCUT2D eigenvalue weighted by Gasteiger charge is 2.09. The summed E-state index contributed by atoms with van der Waals surface area (Å²) in [5, 5.41) is 3.44. The van der Waals surface area contributed by atoms with Crippen LogP contribution in [0, 0.1) is 0 Å². The SMILES string of the molecule is COc1c(Br)cccc1CCN[C@H](C)c1cnccn1. The molecule has 2 rings (SSSR count). The van der Waals surface area contributed by atoms with Crippen LogP contribution in [0.5, 0.6) is 5.75 Å². The van der Waals surface area contributed by atoms with Crippen LogP contribution in [0.4, 0.5) is 0 Å². The van der Waals surface area contributed by atoms with Crippen LogP contribution in [-0.4, -0.2) is 23.6 Å². The van der Waals surface area contributed by atoms with Gasteiger partial charge < -0.3 is 10.1 Å². The predicted molar refractivity (Wildman–Crippen MR) is 82.8 cm³/mol. The highest BCUT2D eigenvalue weighted by Crippen LogP contribution is 2.28. The zero-order valence-electron chi connectivity index (χ0n) is 11.6. The monoisotopic (exact) mass is 335 g/mol. The van der Waals surface area contributed by atoms with Crippen molar-refractivity contribution in [2.75, 3.05) is 13.7 Å². The van der Waals surface area contributed by atoms with E-state index in [0.717, 1.165) is 28.9 Å². The Morgan fingerprint density at radius 2 is 2.20 bits per heavy atom. The summed E-state index contributed by atoms with van der Waals surface area (Å²) in [4.78, 5) is 8.38. The van der Waals surface area contributed by atoms with E-state index in [0.29, 0.717) is 0 Å². The molecular weight excluding hydrogens is 318 g/mol. The lowest BCUT2D eigenvalue weighted by Crippen LogP contribution is -2.22. The van der Waals surface area contributed by atoms with Crippen molar-refractivity contribution in [3.05, 3.63) is 52.5 Å². The molecule has 0 aliphatic heterocycles. The molecule has 0 radical (unpaired) electrons.